The first-order valence-corrected chi connectivity index (χ1v) is 4.86. The summed E-state index contributed by atoms with van der Waals surface area (Å²) in [6, 6.07) is 7.48. The van der Waals surface area contributed by atoms with Crippen LogP contribution in [0.5, 0.6) is 11.5 Å². The SMILES string of the molecule is COc1ccccc1OCCOCC[OH2+]. The molecule has 1 aromatic carbocycles. The maximum absolute atomic E-state index is 6.88. The molecule has 0 heterocycles. The van der Waals surface area contributed by atoms with E-state index in [4.69, 9.17) is 19.3 Å². The Morgan fingerprint density at radius 3 is 2.47 bits per heavy atom. The molecule has 0 aliphatic carbocycles. The number of para-hydroxylation sites is 2. The molecule has 0 fully saturated rings. The van der Waals surface area contributed by atoms with E-state index in [0.717, 1.165) is 11.5 Å². The van der Waals surface area contributed by atoms with Gasteiger partial charge < -0.3 is 19.3 Å². The summed E-state index contributed by atoms with van der Waals surface area (Å²) in [5.41, 5.74) is 0. The highest BCUT2D eigenvalue weighted by Crippen LogP contribution is 2.25. The minimum atomic E-state index is 0.286. The van der Waals surface area contributed by atoms with Crippen LogP contribution in [0, 0.1) is 0 Å². The highest BCUT2D eigenvalue weighted by molar-refractivity contribution is 5.39. The van der Waals surface area contributed by atoms with Crippen LogP contribution >= 0.6 is 0 Å². The molecule has 84 valence electrons. The Labute approximate surface area is 89.4 Å². The molecule has 0 saturated heterocycles. The summed E-state index contributed by atoms with van der Waals surface area (Å²) in [6.45, 7) is 1.71. The third-order valence-electron chi connectivity index (χ3n) is 1.80. The van der Waals surface area contributed by atoms with Crippen molar-refractivity contribution in [3.8, 4) is 11.5 Å². The summed E-state index contributed by atoms with van der Waals surface area (Å²) < 4.78 is 15.7. The molecule has 1 rings (SSSR count). The number of hydrogen-bond donors (Lipinski definition) is 0. The predicted molar refractivity (Wildman–Crippen MR) is 57.8 cm³/mol. The average molecular weight is 213 g/mol. The largest absolute Gasteiger partial charge is 0.493 e. The predicted octanol–water partition coefficient (Wildman–Crippen LogP) is 0.815. The van der Waals surface area contributed by atoms with E-state index in [0.29, 0.717) is 19.8 Å². The lowest BCUT2D eigenvalue weighted by molar-refractivity contribution is 0.0699. The van der Waals surface area contributed by atoms with Crippen LogP contribution < -0.4 is 9.47 Å². The van der Waals surface area contributed by atoms with E-state index in [1.165, 1.54) is 0 Å². The van der Waals surface area contributed by atoms with Gasteiger partial charge in [0.05, 0.1) is 13.7 Å². The molecule has 1 aromatic rings. The van der Waals surface area contributed by atoms with Gasteiger partial charge in [0.1, 0.15) is 13.2 Å². The minimum absolute atomic E-state index is 0.286. The van der Waals surface area contributed by atoms with E-state index >= 15 is 0 Å². The van der Waals surface area contributed by atoms with Crippen molar-refractivity contribution in [1.82, 2.24) is 0 Å². The van der Waals surface area contributed by atoms with E-state index in [1.54, 1.807) is 7.11 Å². The molecule has 4 nitrogen and oxygen atoms in total. The molecule has 0 aliphatic rings. The van der Waals surface area contributed by atoms with Gasteiger partial charge in [0.25, 0.3) is 0 Å². The zero-order valence-electron chi connectivity index (χ0n) is 8.86. The number of ether oxygens (including phenoxy) is 3. The van der Waals surface area contributed by atoms with Gasteiger partial charge in [-0.25, -0.2) is 0 Å². The number of rotatable bonds is 7. The van der Waals surface area contributed by atoms with Crippen molar-refractivity contribution < 1.29 is 19.3 Å². The molecule has 2 N–H and O–H groups in total. The second kappa shape index (κ2) is 7.09. The molecule has 0 aliphatic heterocycles. The second-order valence-corrected chi connectivity index (χ2v) is 2.86. The Kier molecular flexibility index (Phi) is 5.58. The van der Waals surface area contributed by atoms with Gasteiger partial charge in [-0.15, -0.1) is 0 Å². The number of methoxy groups -OCH3 is 1. The molecule has 0 aromatic heterocycles. The second-order valence-electron chi connectivity index (χ2n) is 2.86. The first-order valence-electron chi connectivity index (χ1n) is 4.86. The zero-order valence-corrected chi connectivity index (χ0v) is 8.86. The molecule has 0 amide bonds. The third kappa shape index (κ3) is 4.18. The van der Waals surface area contributed by atoms with E-state index in [9.17, 15) is 0 Å². The van der Waals surface area contributed by atoms with Crippen LogP contribution in [0.25, 0.3) is 0 Å². The lowest BCUT2D eigenvalue weighted by Gasteiger charge is -2.09. The normalized spacial score (nSPS) is 10.0. The molecular formula is C11H17O4+. The van der Waals surface area contributed by atoms with Gasteiger partial charge in [0, 0.05) is 0 Å². The van der Waals surface area contributed by atoms with E-state index in [1.807, 2.05) is 24.3 Å². The van der Waals surface area contributed by atoms with Crippen LogP contribution in [0.3, 0.4) is 0 Å². The van der Waals surface area contributed by atoms with Crippen LogP contribution in [0.2, 0.25) is 0 Å². The zero-order chi connectivity index (χ0) is 10.9. The summed E-state index contributed by atoms with van der Waals surface area (Å²) in [5.74, 6) is 1.44. The summed E-state index contributed by atoms with van der Waals surface area (Å²) in [4.78, 5) is 0. The van der Waals surface area contributed by atoms with Crippen molar-refractivity contribution in [1.29, 1.82) is 0 Å². The van der Waals surface area contributed by atoms with Gasteiger partial charge in [-0.05, 0) is 12.1 Å². The smallest absolute Gasteiger partial charge is 0.167 e. The van der Waals surface area contributed by atoms with Crippen LogP contribution in [0.15, 0.2) is 24.3 Å². The van der Waals surface area contributed by atoms with Crippen molar-refractivity contribution in [2.24, 2.45) is 0 Å². The highest BCUT2D eigenvalue weighted by atomic mass is 16.5. The maximum Gasteiger partial charge on any atom is 0.167 e. The number of hydrogen-bond acceptors (Lipinski definition) is 3. The molecule has 4 heteroatoms. The minimum Gasteiger partial charge on any atom is -0.493 e. The van der Waals surface area contributed by atoms with Crippen molar-refractivity contribution in [3.63, 3.8) is 0 Å². The summed E-state index contributed by atoms with van der Waals surface area (Å²) in [5, 5.41) is 6.88. The molecule has 0 spiro atoms. The fraction of sp³-hybridized carbons (Fsp3) is 0.455. The quantitative estimate of drug-likeness (QED) is 0.497. The molecule has 0 unspecified atom stereocenters. The summed E-state index contributed by atoms with van der Waals surface area (Å²) in [7, 11) is 1.61. The van der Waals surface area contributed by atoms with Gasteiger partial charge >= 0.3 is 0 Å². The van der Waals surface area contributed by atoms with E-state index in [2.05, 4.69) is 0 Å². The fourth-order valence-corrected chi connectivity index (χ4v) is 1.12. The van der Waals surface area contributed by atoms with Gasteiger partial charge in [0.2, 0.25) is 0 Å². The third-order valence-corrected chi connectivity index (χ3v) is 1.80. The Balaban J connectivity index is 2.30. The van der Waals surface area contributed by atoms with Crippen molar-refractivity contribution >= 4 is 0 Å². The Bertz CT molecular complexity index is 275. The van der Waals surface area contributed by atoms with Crippen LogP contribution in [-0.4, -0.2) is 38.6 Å². The van der Waals surface area contributed by atoms with Crippen molar-refractivity contribution in [3.05, 3.63) is 24.3 Å². The van der Waals surface area contributed by atoms with Crippen molar-refractivity contribution in [2.75, 3.05) is 33.5 Å². The monoisotopic (exact) mass is 213 g/mol. The first-order chi connectivity index (χ1) is 7.38. The van der Waals surface area contributed by atoms with Gasteiger partial charge in [-0.2, -0.15) is 0 Å². The summed E-state index contributed by atoms with van der Waals surface area (Å²) >= 11 is 0. The fourth-order valence-electron chi connectivity index (χ4n) is 1.12. The maximum atomic E-state index is 6.88. The van der Waals surface area contributed by atoms with Gasteiger partial charge in [0.15, 0.2) is 18.1 Å². The van der Waals surface area contributed by atoms with Gasteiger partial charge in [-0.3, -0.25) is 0 Å². The Hall–Kier alpha value is -1.26. The lowest BCUT2D eigenvalue weighted by Crippen LogP contribution is -2.09. The standard InChI is InChI=1S/C11H16O4/c1-13-10-4-2-3-5-11(10)15-9-8-14-7-6-12/h2-5,12H,6-9H2,1H3/p+1. The van der Waals surface area contributed by atoms with E-state index in [-0.39, 0.29) is 6.61 Å². The number of benzene rings is 1. The Morgan fingerprint density at radius 1 is 1.07 bits per heavy atom. The topological polar surface area (TPSA) is 50.6 Å². The van der Waals surface area contributed by atoms with Crippen LogP contribution in [0.1, 0.15) is 0 Å². The Morgan fingerprint density at radius 2 is 1.80 bits per heavy atom. The van der Waals surface area contributed by atoms with Crippen LogP contribution in [-0.2, 0) is 4.74 Å². The molecule has 15 heavy (non-hydrogen) atoms. The average Bonchev–Trinajstić information content (AvgIpc) is 2.29. The molecule has 0 atom stereocenters. The first kappa shape index (κ1) is 11.8. The lowest BCUT2D eigenvalue weighted by atomic mass is 10.3. The highest BCUT2D eigenvalue weighted by Gasteiger charge is 2.01. The molecular weight excluding hydrogens is 196 g/mol. The molecule has 0 saturated carbocycles. The van der Waals surface area contributed by atoms with Gasteiger partial charge in [-0.1, -0.05) is 12.1 Å². The molecule has 0 bridgehead atoms. The summed E-state index contributed by atoms with van der Waals surface area (Å²) in [6.07, 6.45) is 0. The van der Waals surface area contributed by atoms with Crippen molar-refractivity contribution in [2.45, 2.75) is 0 Å². The molecule has 0 radical (unpaired) electrons. The van der Waals surface area contributed by atoms with Crippen LogP contribution in [0.4, 0.5) is 0 Å². The van der Waals surface area contributed by atoms with E-state index < -0.39 is 0 Å².